The molecule has 1 N–H and O–H groups in total. The zero-order valence-electron chi connectivity index (χ0n) is 12.2. The largest absolute Gasteiger partial charge is 0.394 e. The van der Waals surface area contributed by atoms with E-state index >= 15 is 0 Å². The Morgan fingerprint density at radius 2 is 1.90 bits per heavy atom. The summed E-state index contributed by atoms with van der Waals surface area (Å²) in [6.45, 7) is 6.03. The van der Waals surface area contributed by atoms with E-state index in [2.05, 4.69) is 13.8 Å². The predicted molar refractivity (Wildman–Crippen MR) is 76.2 cm³/mol. The molecule has 0 bridgehead atoms. The maximum absolute atomic E-state index is 9.40. The van der Waals surface area contributed by atoms with Crippen LogP contribution in [0.2, 0.25) is 0 Å². The van der Waals surface area contributed by atoms with Gasteiger partial charge >= 0.3 is 0 Å². The second kappa shape index (κ2) is 7.18. The number of benzene rings is 1. The van der Waals surface area contributed by atoms with E-state index in [0.29, 0.717) is 26.2 Å². The first-order valence-corrected chi connectivity index (χ1v) is 7.09. The highest BCUT2D eigenvalue weighted by Gasteiger charge is 2.29. The summed E-state index contributed by atoms with van der Waals surface area (Å²) in [6, 6.07) is 9.93. The van der Waals surface area contributed by atoms with Crippen LogP contribution in [-0.4, -0.2) is 37.3 Å². The monoisotopic (exact) mass is 280 g/mol. The van der Waals surface area contributed by atoms with Crippen LogP contribution in [0, 0.1) is 5.41 Å². The molecule has 4 nitrogen and oxygen atoms in total. The standard InChI is InChI=1S/C16H24O4/c1-16(2)11-19-15(20-12-16)8-14(9-17)18-10-13-6-4-3-5-7-13/h3-7,14-15,17H,8-12H2,1-2H3/t14-/m0/s1. The number of aliphatic hydroxyl groups excluding tert-OH is 1. The Morgan fingerprint density at radius 1 is 1.25 bits per heavy atom. The second-order valence-corrected chi connectivity index (χ2v) is 6.05. The molecule has 20 heavy (non-hydrogen) atoms. The fourth-order valence-electron chi connectivity index (χ4n) is 2.06. The number of hydrogen-bond acceptors (Lipinski definition) is 4. The lowest BCUT2D eigenvalue weighted by Gasteiger charge is -2.35. The number of hydrogen-bond donors (Lipinski definition) is 1. The van der Waals surface area contributed by atoms with Crippen LogP contribution < -0.4 is 0 Å². The molecule has 0 amide bonds. The molecule has 1 aromatic carbocycles. The molecule has 1 heterocycles. The summed E-state index contributed by atoms with van der Waals surface area (Å²) in [7, 11) is 0. The van der Waals surface area contributed by atoms with E-state index < -0.39 is 0 Å². The summed E-state index contributed by atoms with van der Waals surface area (Å²) in [5.41, 5.74) is 1.16. The fourth-order valence-corrected chi connectivity index (χ4v) is 2.06. The lowest BCUT2D eigenvalue weighted by atomic mass is 9.95. The topological polar surface area (TPSA) is 47.9 Å². The van der Waals surface area contributed by atoms with Crippen molar-refractivity contribution < 1.29 is 19.3 Å². The van der Waals surface area contributed by atoms with Gasteiger partial charge < -0.3 is 19.3 Å². The lowest BCUT2D eigenvalue weighted by Crippen LogP contribution is -2.40. The molecule has 0 spiro atoms. The average Bonchev–Trinajstić information content (AvgIpc) is 2.46. The van der Waals surface area contributed by atoms with Gasteiger partial charge in [-0.05, 0) is 5.56 Å². The van der Waals surface area contributed by atoms with E-state index in [9.17, 15) is 5.11 Å². The van der Waals surface area contributed by atoms with Gasteiger partial charge in [0.05, 0.1) is 32.5 Å². The molecule has 0 radical (unpaired) electrons. The normalized spacial score (nSPS) is 20.8. The van der Waals surface area contributed by atoms with Crippen molar-refractivity contribution in [2.75, 3.05) is 19.8 Å². The van der Waals surface area contributed by atoms with Gasteiger partial charge in [0.25, 0.3) is 0 Å². The van der Waals surface area contributed by atoms with E-state index in [1.54, 1.807) is 0 Å². The molecule has 1 fully saturated rings. The summed E-state index contributed by atoms with van der Waals surface area (Å²) in [6.07, 6.45) is 0.0109. The van der Waals surface area contributed by atoms with Gasteiger partial charge in [-0.2, -0.15) is 0 Å². The van der Waals surface area contributed by atoms with Gasteiger partial charge in [0.2, 0.25) is 0 Å². The fraction of sp³-hybridized carbons (Fsp3) is 0.625. The molecule has 1 saturated heterocycles. The summed E-state index contributed by atoms with van der Waals surface area (Å²) >= 11 is 0. The van der Waals surface area contributed by atoms with Crippen LogP contribution in [0.25, 0.3) is 0 Å². The first kappa shape index (κ1) is 15.4. The van der Waals surface area contributed by atoms with E-state index in [4.69, 9.17) is 14.2 Å². The molecular formula is C16H24O4. The summed E-state index contributed by atoms with van der Waals surface area (Å²) in [4.78, 5) is 0. The Balaban J connectivity index is 1.75. The van der Waals surface area contributed by atoms with Crippen LogP contribution in [0.5, 0.6) is 0 Å². The summed E-state index contributed by atoms with van der Waals surface area (Å²) < 4.78 is 17.1. The van der Waals surface area contributed by atoms with E-state index in [-0.39, 0.29) is 24.4 Å². The minimum Gasteiger partial charge on any atom is -0.394 e. The maximum atomic E-state index is 9.40. The Hall–Kier alpha value is -0.940. The van der Waals surface area contributed by atoms with Gasteiger partial charge in [0, 0.05) is 11.8 Å². The number of aliphatic hydroxyl groups is 1. The van der Waals surface area contributed by atoms with Gasteiger partial charge in [-0.1, -0.05) is 44.2 Å². The molecular weight excluding hydrogens is 256 g/mol. The highest BCUT2D eigenvalue weighted by molar-refractivity contribution is 5.13. The van der Waals surface area contributed by atoms with Crippen LogP contribution >= 0.6 is 0 Å². The molecule has 1 atom stereocenters. The van der Waals surface area contributed by atoms with Crippen molar-refractivity contribution in [1.82, 2.24) is 0 Å². The second-order valence-electron chi connectivity index (χ2n) is 6.05. The quantitative estimate of drug-likeness (QED) is 0.869. The van der Waals surface area contributed by atoms with Crippen LogP contribution in [0.15, 0.2) is 30.3 Å². The van der Waals surface area contributed by atoms with Crippen molar-refractivity contribution in [1.29, 1.82) is 0 Å². The molecule has 0 aromatic heterocycles. The zero-order valence-corrected chi connectivity index (χ0v) is 12.2. The lowest BCUT2D eigenvalue weighted by molar-refractivity contribution is -0.235. The molecule has 2 rings (SSSR count). The molecule has 0 saturated carbocycles. The van der Waals surface area contributed by atoms with Gasteiger partial charge in [0.15, 0.2) is 6.29 Å². The minimum atomic E-state index is -0.282. The van der Waals surface area contributed by atoms with E-state index in [0.717, 1.165) is 5.56 Å². The van der Waals surface area contributed by atoms with E-state index in [1.165, 1.54) is 0 Å². The van der Waals surface area contributed by atoms with Crippen molar-refractivity contribution in [3.8, 4) is 0 Å². The molecule has 0 unspecified atom stereocenters. The third-order valence-electron chi connectivity index (χ3n) is 3.31. The zero-order chi connectivity index (χ0) is 14.4. The van der Waals surface area contributed by atoms with Gasteiger partial charge in [-0.25, -0.2) is 0 Å². The van der Waals surface area contributed by atoms with Crippen molar-refractivity contribution >= 4 is 0 Å². The van der Waals surface area contributed by atoms with Gasteiger partial charge in [0.1, 0.15) is 0 Å². The molecule has 4 heteroatoms. The SMILES string of the molecule is CC1(C)COC(C[C@@H](CO)OCc2ccccc2)OC1. The molecule has 1 aliphatic heterocycles. The Kier molecular flexibility index (Phi) is 5.54. The Morgan fingerprint density at radius 3 is 2.50 bits per heavy atom. The molecule has 0 aliphatic carbocycles. The van der Waals surface area contributed by atoms with Crippen LogP contribution in [-0.2, 0) is 20.8 Å². The van der Waals surface area contributed by atoms with Crippen LogP contribution in [0.3, 0.4) is 0 Å². The highest BCUT2D eigenvalue weighted by Crippen LogP contribution is 2.25. The average molecular weight is 280 g/mol. The van der Waals surface area contributed by atoms with Crippen molar-refractivity contribution in [2.45, 2.75) is 39.3 Å². The minimum absolute atomic E-state index is 0.0283. The van der Waals surface area contributed by atoms with Gasteiger partial charge in [-0.3, -0.25) is 0 Å². The van der Waals surface area contributed by atoms with Gasteiger partial charge in [-0.15, -0.1) is 0 Å². The summed E-state index contributed by atoms with van der Waals surface area (Å²) in [5.74, 6) is 0. The Bertz CT molecular complexity index is 381. The smallest absolute Gasteiger partial charge is 0.160 e. The first-order valence-electron chi connectivity index (χ1n) is 7.09. The summed E-state index contributed by atoms with van der Waals surface area (Å²) in [5, 5.41) is 9.40. The molecule has 112 valence electrons. The molecule has 1 aromatic rings. The number of ether oxygens (including phenoxy) is 3. The van der Waals surface area contributed by atoms with Crippen molar-refractivity contribution in [3.63, 3.8) is 0 Å². The van der Waals surface area contributed by atoms with Crippen molar-refractivity contribution in [2.24, 2.45) is 5.41 Å². The predicted octanol–water partition coefficient (Wildman–Crippen LogP) is 2.35. The highest BCUT2D eigenvalue weighted by atomic mass is 16.7. The third-order valence-corrected chi connectivity index (χ3v) is 3.31. The van der Waals surface area contributed by atoms with Crippen LogP contribution in [0.4, 0.5) is 0 Å². The van der Waals surface area contributed by atoms with Crippen molar-refractivity contribution in [3.05, 3.63) is 35.9 Å². The maximum Gasteiger partial charge on any atom is 0.160 e. The Labute approximate surface area is 120 Å². The first-order chi connectivity index (χ1) is 9.59. The third kappa shape index (κ3) is 4.87. The molecule has 1 aliphatic rings. The van der Waals surface area contributed by atoms with E-state index in [1.807, 2.05) is 30.3 Å². The number of rotatable bonds is 6. The van der Waals surface area contributed by atoms with Crippen LogP contribution in [0.1, 0.15) is 25.8 Å².